The first-order valence-corrected chi connectivity index (χ1v) is 7.95. The summed E-state index contributed by atoms with van der Waals surface area (Å²) in [4.78, 5) is 2.63. The van der Waals surface area contributed by atoms with Gasteiger partial charge < -0.3 is 10.9 Å². The van der Waals surface area contributed by atoms with Crippen LogP contribution in [-0.2, 0) is 6.54 Å². The summed E-state index contributed by atoms with van der Waals surface area (Å²) in [5.41, 5.74) is 9.01. The van der Waals surface area contributed by atoms with E-state index in [0.717, 1.165) is 23.9 Å². The van der Waals surface area contributed by atoms with Crippen LogP contribution in [-0.4, -0.2) is 29.0 Å². The zero-order valence-corrected chi connectivity index (χ0v) is 12.8. The Labute approximate surface area is 126 Å². The van der Waals surface area contributed by atoms with Crippen molar-refractivity contribution in [3.05, 3.63) is 34.9 Å². The lowest BCUT2D eigenvalue weighted by Crippen LogP contribution is -2.28. The second-order valence-corrected chi connectivity index (χ2v) is 6.71. The minimum Gasteiger partial charge on any atom is -0.409 e. The fourth-order valence-electron chi connectivity index (χ4n) is 2.87. The quantitative estimate of drug-likeness (QED) is 0.351. The van der Waals surface area contributed by atoms with Crippen LogP contribution in [0.1, 0.15) is 42.4 Å². The molecular formula is C17H25N3O. The molecule has 0 aliphatic heterocycles. The molecule has 114 valence electrons. The Morgan fingerprint density at radius 1 is 1.24 bits per heavy atom. The largest absolute Gasteiger partial charge is 0.409 e. The van der Waals surface area contributed by atoms with Crippen molar-refractivity contribution in [2.75, 3.05) is 13.1 Å². The highest BCUT2D eigenvalue weighted by Gasteiger charge is 2.29. The summed E-state index contributed by atoms with van der Waals surface area (Å²) >= 11 is 0. The molecule has 0 saturated heterocycles. The monoisotopic (exact) mass is 287 g/mol. The van der Waals surface area contributed by atoms with Crippen molar-refractivity contribution in [3.8, 4) is 0 Å². The predicted octanol–water partition coefficient (Wildman–Crippen LogP) is 2.71. The molecule has 2 aliphatic carbocycles. The van der Waals surface area contributed by atoms with Crippen LogP contribution >= 0.6 is 0 Å². The number of nitrogens with zero attached hydrogens (tertiary/aromatic N) is 2. The highest BCUT2D eigenvalue weighted by atomic mass is 16.4. The molecule has 21 heavy (non-hydrogen) atoms. The Bertz CT molecular complexity index is 519. The van der Waals surface area contributed by atoms with Crippen LogP contribution in [0.4, 0.5) is 0 Å². The van der Waals surface area contributed by atoms with Crippen LogP contribution in [0.5, 0.6) is 0 Å². The van der Waals surface area contributed by atoms with Gasteiger partial charge in [-0.2, -0.15) is 0 Å². The third-order valence-corrected chi connectivity index (χ3v) is 4.57. The van der Waals surface area contributed by atoms with Crippen molar-refractivity contribution in [1.29, 1.82) is 0 Å². The summed E-state index contributed by atoms with van der Waals surface area (Å²) in [6.45, 7) is 5.63. The van der Waals surface area contributed by atoms with Crippen LogP contribution in [0.25, 0.3) is 0 Å². The zero-order valence-electron chi connectivity index (χ0n) is 12.8. The van der Waals surface area contributed by atoms with E-state index in [1.165, 1.54) is 49.9 Å². The average Bonchev–Trinajstić information content (AvgIpc) is 3.36. The van der Waals surface area contributed by atoms with E-state index in [2.05, 4.69) is 23.0 Å². The minimum atomic E-state index is 0.178. The second kappa shape index (κ2) is 6.06. The van der Waals surface area contributed by atoms with Crippen molar-refractivity contribution >= 4 is 5.84 Å². The number of amidine groups is 1. The van der Waals surface area contributed by atoms with Gasteiger partial charge in [0.2, 0.25) is 0 Å². The number of oxime groups is 1. The van der Waals surface area contributed by atoms with E-state index in [1.54, 1.807) is 0 Å². The molecule has 0 atom stereocenters. The maximum atomic E-state index is 8.76. The standard InChI is InChI=1S/C17H25N3O/c1-12-8-15(17(18)19-21)6-7-16(12)11-20(9-13-2-3-13)10-14-4-5-14/h6-8,13-14,21H,2-5,9-11H2,1H3,(H2,18,19). The van der Waals surface area contributed by atoms with Crippen molar-refractivity contribution in [2.45, 2.75) is 39.2 Å². The van der Waals surface area contributed by atoms with Gasteiger partial charge >= 0.3 is 0 Å². The van der Waals surface area contributed by atoms with Gasteiger partial charge in [0.15, 0.2) is 5.84 Å². The summed E-state index contributed by atoms with van der Waals surface area (Å²) < 4.78 is 0. The van der Waals surface area contributed by atoms with Gasteiger partial charge in [-0.1, -0.05) is 17.3 Å². The van der Waals surface area contributed by atoms with Crippen LogP contribution < -0.4 is 5.73 Å². The molecule has 0 bridgehead atoms. The topological polar surface area (TPSA) is 61.9 Å². The first kappa shape index (κ1) is 14.4. The lowest BCUT2D eigenvalue weighted by Gasteiger charge is -2.23. The molecule has 3 N–H and O–H groups in total. The third kappa shape index (κ3) is 3.97. The van der Waals surface area contributed by atoms with Crippen molar-refractivity contribution < 1.29 is 5.21 Å². The second-order valence-electron chi connectivity index (χ2n) is 6.71. The normalized spacial score (nSPS) is 19.2. The Kier molecular flexibility index (Phi) is 4.15. The smallest absolute Gasteiger partial charge is 0.170 e. The van der Waals surface area contributed by atoms with E-state index in [0.29, 0.717) is 0 Å². The van der Waals surface area contributed by atoms with Gasteiger partial charge in [0.25, 0.3) is 0 Å². The molecule has 0 heterocycles. The van der Waals surface area contributed by atoms with E-state index in [4.69, 9.17) is 10.9 Å². The molecule has 0 unspecified atom stereocenters. The van der Waals surface area contributed by atoms with E-state index < -0.39 is 0 Å². The van der Waals surface area contributed by atoms with E-state index in [1.807, 2.05) is 12.1 Å². The molecule has 0 spiro atoms. The molecule has 0 aromatic heterocycles. The van der Waals surface area contributed by atoms with E-state index in [-0.39, 0.29) is 5.84 Å². The Hall–Kier alpha value is -1.55. The van der Waals surface area contributed by atoms with Gasteiger partial charge in [0.05, 0.1) is 0 Å². The highest BCUT2D eigenvalue weighted by Crippen LogP contribution is 2.34. The van der Waals surface area contributed by atoms with Crippen molar-refractivity contribution in [3.63, 3.8) is 0 Å². The minimum absolute atomic E-state index is 0.178. The molecular weight excluding hydrogens is 262 g/mol. The number of nitrogens with two attached hydrogens (primary N) is 1. The van der Waals surface area contributed by atoms with Gasteiger partial charge in [-0.3, -0.25) is 4.90 Å². The summed E-state index contributed by atoms with van der Waals surface area (Å²) in [7, 11) is 0. The number of benzene rings is 1. The number of hydrogen-bond donors (Lipinski definition) is 2. The maximum absolute atomic E-state index is 8.76. The molecule has 4 nitrogen and oxygen atoms in total. The van der Waals surface area contributed by atoms with Crippen molar-refractivity contribution in [2.24, 2.45) is 22.7 Å². The SMILES string of the molecule is Cc1cc(/C(N)=N/O)ccc1CN(CC1CC1)CC1CC1. The fraction of sp³-hybridized carbons (Fsp3) is 0.588. The van der Waals surface area contributed by atoms with E-state index in [9.17, 15) is 0 Å². The Morgan fingerprint density at radius 2 is 1.86 bits per heavy atom. The Morgan fingerprint density at radius 3 is 2.33 bits per heavy atom. The highest BCUT2D eigenvalue weighted by molar-refractivity contribution is 5.97. The molecule has 1 aromatic carbocycles. The lowest BCUT2D eigenvalue weighted by atomic mass is 10.0. The molecule has 2 aliphatic rings. The molecule has 3 rings (SSSR count). The number of aryl methyl sites for hydroxylation is 1. The summed E-state index contributed by atoms with van der Waals surface area (Å²) in [5, 5.41) is 11.8. The molecule has 1 aromatic rings. The van der Waals surface area contributed by atoms with Crippen LogP contribution in [0, 0.1) is 18.8 Å². The van der Waals surface area contributed by atoms with Gasteiger partial charge in [-0.25, -0.2) is 0 Å². The first-order chi connectivity index (χ1) is 10.2. The molecule has 4 heteroatoms. The van der Waals surface area contributed by atoms with Crippen LogP contribution in [0.3, 0.4) is 0 Å². The predicted molar refractivity (Wildman–Crippen MR) is 84.4 cm³/mol. The molecule has 0 radical (unpaired) electrons. The zero-order chi connectivity index (χ0) is 14.8. The molecule has 0 amide bonds. The summed E-state index contributed by atoms with van der Waals surface area (Å²) in [6.07, 6.45) is 5.62. The molecule has 2 fully saturated rings. The third-order valence-electron chi connectivity index (χ3n) is 4.57. The van der Waals surface area contributed by atoms with Crippen LogP contribution in [0.15, 0.2) is 23.4 Å². The van der Waals surface area contributed by atoms with Gasteiger partial charge in [-0.15, -0.1) is 0 Å². The summed E-state index contributed by atoms with van der Waals surface area (Å²) in [5.74, 6) is 2.04. The maximum Gasteiger partial charge on any atom is 0.170 e. The number of hydrogen-bond acceptors (Lipinski definition) is 3. The van der Waals surface area contributed by atoms with Crippen LogP contribution in [0.2, 0.25) is 0 Å². The van der Waals surface area contributed by atoms with Gasteiger partial charge in [-0.05, 0) is 61.6 Å². The first-order valence-electron chi connectivity index (χ1n) is 7.95. The van der Waals surface area contributed by atoms with E-state index >= 15 is 0 Å². The average molecular weight is 287 g/mol. The summed E-state index contributed by atoms with van der Waals surface area (Å²) in [6, 6.07) is 6.08. The lowest BCUT2D eigenvalue weighted by molar-refractivity contribution is 0.244. The van der Waals surface area contributed by atoms with Gasteiger partial charge in [0, 0.05) is 25.2 Å². The molecule has 2 saturated carbocycles. The van der Waals surface area contributed by atoms with Gasteiger partial charge in [0.1, 0.15) is 0 Å². The Balaban J connectivity index is 1.68. The van der Waals surface area contributed by atoms with Crippen molar-refractivity contribution in [1.82, 2.24) is 4.90 Å². The number of rotatable bonds is 7. The fourth-order valence-corrected chi connectivity index (χ4v) is 2.87.